The fourth-order valence-corrected chi connectivity index (χ4v) is 1.89. The van der Waals surface area contributed by atoms with Gasteiger partial charge in [-0.1, -0.05) is 0 Å². The molecule has 0 saturated heterocycles. The highest BCUT2D eigenvalue weighted by molar-refractivity contribution is 7.99. The van der Waals surface area contributed by atoms with E-state index >= 15 is 0 Å². The largest absolute Gasteiger partial charge is 0.319 e. The number of rotatable bonds is 0. The SMILES string of the molecule is CN=C1CSCCCN=C(Cl)N1. The zero-order valence-corrected chi connectivity index (χ0v) is 8.58. The highest BCUT2D eigenvalue weighted by atomic mass is 35.5. The maximum absolute atomic E-state index is 5.79. The van der Waals surface area contributed by atoms with Crippen LogP contribution in [0.25, 0.3) is 0 Å². The number of halogens is 1. The first kappa shape index (κ1) is 9.86. The van der Waals surface area contributed by atoms with Crippen LogP contribution in [0.15, 0.2) is 9.98 Å². The van der Waals surface area contributed by atoms with E-state index in [1.807, 2.05) is 11.8 Å². The predicted octanol–water partition coefficient (Wildman–Crippen LogP) is 1.34. The second kappa shape index (κ2) is 5.43. The van der Waals surface area contributed by atoms with Crippen molar-refractivity contribution in [2.24, 2.45) is 9.98 Å². The summed E-state index contributed by atoms with van der Waals surface area (Å²) in [6.07, 6.45) is 1.08. The van der Waals surface area contributed by atoms with Gasteiger partial charge in [-0.05, 0) is 23.8 Å². The van der Waals surface area contributed by atoms with Crippen LogP contribution >= 0.6 is 23.4 Å². The van der Waals surface area contributed by atoms with Gasteiger partial charge in [0.2, 0.25) is 0 Å². The second-order valence-corrected chi connectivity index (χ2v) is 3.84. The zero-order chi connectivity index (χ0) is 8.81. The lowest BCUT2D eigenvalue weighted by molar-refractivity contribution is 0.943. The van der Waals surface area contributed by atoms with Crippen LogP contribution in [-0.4, -0.2) is 36.2 Å². The van der Waals surface area contributed by atoms with Gasteiger partial charge in [0.1, 0.15) is 5.84 Å². The third kappa shape index (κ3) is 3.45. The summed E-state index contributed by atoms with van der Waals surface area (Å²) in [7, 11) is 1.75. The molecule has 0 bridgehead atoms. The molecule has 1 heterocycles. The van der Waals surface area contributed by atoms with Crippen LogP contribution < -0.4 is 5.32 Å². The quantitative estimate of drug-likeness (QED) is 0.606. The molecule has 0 saturated carbocycles. The van der Waals surface area contributed by atoms with Crippen molar-refractivity contribution >= 4 is 34.5 Å². The summed E-state index contributed by atoms with van der Waals surface area (Å²) in [5.74, 6) is 2.91. The number of nitrogens with one attached hydrogen (secondary N) is 1. The Balaban J connectivity index is 2.56. The van der Waals surface area contributed by atoms with E-state index in [9.17, 15) is 0 Å². The smallest absolute Gasteiger partial charge is 0.196 e. The number of hydrogen-bond acceptors (Lipinski definition) is 3. The summed E-state index contributed by atoms with van der Waals surface area (Å²) >= 11 is 7.64. The molecule has 0 aromatic carbocycles. The van der Waals surface area contributed by atoms with Gasteiger partial charge in [0.05, 0.1) is 5.75 Å². The van der Waals surface area contributed by atoms with Crippen molar-refractivity contribution in [2.45, 2.75) is 6.42 Å². The van der Waals surface area contributed by atoms with E-state index < -0.39 is 0 Å². The molecule has 0 atom stereocenters. The highest BCUT2D eigenvalue weighted by Gasteiger charge is 2.03. The van der Waals surface area contributed by atoms with Crippen LogP contribution in [-0.2, 0) is 0 Å². The molecule has 0 unspecified atom stereocenters. The maximum Gasteiger partial charge on any atom is 0.196 e. The summed E-state index contributed by atoms with van der Waals surface area (Å²) in [6, 6.07) is 0. The fraction of sp³-hybridized carbons (Fsp3) is 0.714. The van der Waals surface area contributed by atoms with E-state index in [0.717, 1.165) is 30.3 Å². The van der Waals surface area contributed by atoms with Gasteiger partial charge in [0, 0.05) is 13.6 Å². The average molecular weight is 206 g/mol. The number of nitrogens with zero attached hydrogens (tertiary/aromatic N) is 2. The van der Waals surface area contributed by atoms with Crippen molar-refractivity contribution in [2.75, 3.05) is 25.1 Å². The van der Waals surface area contributed by atoms with Crippen molar-refractivity contribution in [3.63, 3.8) is 0 Å². The lowest BCUT2D eigenvalue weighted by Gasteiger charge is -2.04. The van der Waals surface area contributed by atoms with Crippen LogP contribution in [0.5, 0.6) is 0 Å². The number of aliphatic imine (C=N–C) groups is 2. The van der Waals surface area contributed by atoms with Gasteiger partial charge in [-0.2, -0.15) is 11.8 Å². The Morgan fingerprint density at radius 2 is 2.50 bits per heavy atom. The molecule has 3 nitrogen and oxygen atoms in total. The molecule has 1 aliphatic heterocycles. The molecular formula is C7H12ClN3S. The fourth-order valence-electron chi connectivity index (χ4n) is 0.828. The number of hydrogen-bond donors (Lipinski definition) is 1. The first-order valence-electron chi connectivity index (χ1n) is 3.83. The molecule has 0 aliphatic carbocycles. The third-order valence-corrected chi connectivity index (χ3v) is 2.72. The molecular weight excluding hydrogens is 194 g/mol. The van der Waals surface area contributed by atoms with E-state index in [4.69, 9.17) is 11.6 Å². The van der Waals surface area contributed by atoms with E-state index in [1.54, 1.807) is 7.05 Å². The van der Waals surface area contributed by atoms with Crippen molar-refractivity contribution in [1.29, 1.82) is 0 Å². The average Bonchev–Trinajstić information content (AvgIpc) is 2.16. The molecule has 0 amide bonds. The summed E-state index contributed by atoms with van der Waals surface area (Å²) < 4.78 is 0. The van der Waals surface area contributed by atoms with Gasteiger partial charge in [-0.3, -0.25) is 9.98 Å². The number of thioether (sulfide) groups is 1. The Morgan fingerprint density at radius 3 is 3.25 bits per heavy atom. The molecule has 5 heteroatoms. The van der Waals surface area contributed by atoms with Gasteiger partial charge in [0.15, 0.2) is 5.29 Å². The minimum absolute atomic E-state index is 0.457. The Morgan fingerprint density at radius 1 is 1.67 bits per heavy atom. The Labute approximate surface area is 81.7 Å². The molecule has 68 valence electrons. The lowest BCUT2D eigenvalue weighted by atomic mass is 10.5. The molecule has 1 rings (SSSR count). The molecule has 0 fully saturated rings. The molecule has 0 aromatic rings. The molecule has 12 heavy (non-hydrogen) atoms. The Kier molecular flexibility index (Phi) is 4.46. The van der Waals surface area contributed by atoms with Crippen molar-refractivity contribution in [1.82, 2.24) is 5.32 Å². The zero-order valence-electron chi connectivity index (χ0n) is 7.01. The molecule has 1 N–H and O–H groups in total. The molecule has 0 spiro atoms. The monoisotopic (exact) mass is 205 g/mol. The van der Waals surface area contributed by atoms with Gasteiger partial charge >= 0.3 is 0 Å². The normalized spacial score (nSPS) is 23.5. The van der Waals surface area contributed by atoms with E-state index in [-0.39, 0.29) is 0 Å². The Bertz CT molecular complexity index is 203. The maximum atomic E-state index is 5.79. The topological polar surface area (TPSA) is 36.8 Å². The van der Waals surface area contributed by atoms with Gasteiger partial charge in [-0.15, -0.1) is 0 Å². The number of amidine groups is 2. The third-order valence-electron chi connectivity index (χ3n) is 1.45. The first-order chi connectivity index (χ1) is 5.83. The minimum Gasteiger partial charge on any atom is -0.319 e. The van der Waals surface area contributed by atoms with Gasteiger partial charge in [-0.25, -0.2) is 0 Å². The van der Waals surface area contributed by atoms with E-state index in [0.29, 0.717) is 5.29 Å². The highest BCUT2D eigenvalue weighted by Crippen LogP contribution is 2.05. The predicted molar refractivity (Wildman–Crippen MR) is 56.6 cm³/mol. The summed E-state index contributed by atoms with van der Waals surface area (Å²) in [5, 5.41) is 3.41. The molecule has 0 aromatic heterocycles. The first-order valence-corrected chi connectivity index (χ1v) is 5.36. The van der Waals surface area contributed by atoms with Crippen LogP contribution in [0.1, 0.15) is 6.42 Å². The second-order valence-electron chi connectivity index (χ2n) is 2.37. The van der Waals surface area contributed by atoms with Gasteiger partial charge in [0.25, 0.3) is 0 Å². The molecule has 1 aliphatic rings. The lowest BCUT2D eigenvalue weighted by Crippen LogP contribution is -2.28. The van der Waals surface area contributed by atoms with Crippen molar-refractivity contribution in [3.8, 4) is 0 Å². The summed E-state index contributed by atoms with van der Waals surface area (Å²) in [4.78, 5) is 8.18. The molecule has 0 radical (unpaired) electrons. The Hall–Kier alpha value is -0.220. The standard InChI is InChI=1S/C7H12ClN3S/c1-9-6-5-12-4-2-3-10-7(8)11-6/h2-5H2,1H3,(H,9,10,11). The van der Waals surface area contributed by atoms with Crippen molar-refractivity contribution in [3.05, 3.63) is 0 Å². The summed E-state index contributed by atoms with van der Waals surface area (Å²) in [5.41, 5.74) is 0. The van der Waals surface area contributed by atoms with Crippen molar-refractivity contribution < 1.29 is 0 Å². The van der Waals surface area contributed by atoms with Crippen LogP contribution in [0.4, 0.5) is 0 Å². The van der Waals surface area contributed by atoms with Gasteiger partial charge < -0.3 is 5.32 Å². The van der Waals surface area contributed by atoms with Crippen LogP contribution in [0, 0.1) is 0 Å². The van der Waals surface area contributed by atoms with Crippen LogP contribution in [0.3, 0.4) is 0 Å². The minimum atomic E-state index is 0.457. The van der Waals surface area contributed by atoms with Crippen LogP contribution in [0.2, 0.25) is 0 Å². The summed E-state index contributed by atoms with van der Waals surface area (Å²) in [6.45, 7) is 0.801. The van der Waals surface area contributed by atoms with E-state index in [2.05, 4.69) is 15.3 Å². The van der Waals surface area contributed by atoms with E-state index in [1.165, 1.54) is 0 Å².